The first-order chi connectivity index (χ1) is 13.7. The Balaban J connectivity index is 1.56. The molecule has 3 rings (SSSR count). The summed E-state index contributed by atoms with van der Waals surface area (Å²) in [4.78, 5) is 25.4. The van der Waals surface area contributed by atoms with Gasteiger partial charge in [-0.15, -0.1) is 0 Å². The molecule has 0 aliphatic carbocycles. The molecule has 2 saturated heterocycles. The van der Waals surface area contributed by atoms with E-state index in [9.17, 15) is 4.79 Å². The van der Waals surface area contributed by atoms with E-state index in [1.165, 1.54) is 0 Å². The smallest absolute Gasteiger partial charge is 0.309 e. The molecule has 2 aliphatic rings. The molecule has 0 saturated carbocycles. The number of nitrogens with one attached hydrogen (secondary N) is 1. The van der Waals surface area contributed by atoms with Crippen molar-refractivity contribution in [3.63, 3.8) is 0 Å². The van der Waals surface area contributed by atoms with Gasteiger partial charge in [-0.25, -0.2) is 4.98 Å². The minimum atomic E-state index is -0.0735. The molecule has 2 fully saturated rings. The molecule has 0 radical (unpaired) electrons. The van der Waals surface area contributed by atoms with Gasteiger partial charge in [-0.3, -0.25) is 9.79 Å². The summed E-state index contributed by atoms with van der Waals surface area (Å²) in [5.41, 5.74) is 1.15. The predicted octanol–water partition coefficient (Wildman–Crippen LogP) is 1.27. The summed E-state index contributed by atoms with van der Waals surface area (Å²) in [6.07, 6.45) is 3.43. The largest absolute Gasteiger partial charge is 0.466 e. The highest BCUT2D eigenvalue weighted by molar-refractivity contribution is 5.80. The van der Waals surface area contributed by atoms with Crippen molar-refractivity contribution >= 4 is 17.7 Å². The number of rotatable bonds is 5. The minimum absolute atomic E-state index is 0.000512. The van der Waals surface area contributed by atoms with Crippen molar-refractivity contribution < 1.29 is 14.3 Å². The number of morpholine rings is 1. The van der Waals surface area contributed by atoms with Crippen LogP contribution in [-0.2, 0) is 20.8 Å². The van der Waals surface area contributed by atoms with E-state index in [2.05, 4.69) is 31.2 Å². The number of nitrogens with zero attached hydrogens (tertiary/aromatic N) is 4. The molecule has 28 heavy (non-hydrogen) atoms. The second kappa shape index (κ2) is 10.3. The maximum atomic E-state index is 11.9. The van der Waals surface area contributed by atoms with Crippen molar-refractivity contribution in [2.75, 3.05) is 57.9 Å². The number of hydrogen-bond donors (Lipinski definition) is 1. The Hall–Kier alpha value is -2.35. The zero-order valence-corrected chi connectivity index (χ0v) is 16.9. The Labute approximate surface area is 166 Å². The Morgan fingerprint density at radius 1 is 1.32 bits per heavy atom. The standard InChI is InChI=1S/C20H31N5O3/c1-3-28-19(26)16-6-9-25(10-7-16)20(21-2)23-15-17-5-4-8-22-18(17)24-11-13-27-14-12-24/h4-5,8,16H,3,6-7,9-15H2,1-2H3,(H,21,23). The van der Waals surface area contributed by atoms with Crippen LogP contribution in [0.25, 0.3) is 0 Å². The summed E-state index contributed by atoms with van der Waals surface area (Å²) < 4.78 is 10.6. The van der Waals surface area contributed by atoms with Crippen LogP contribution in [0.3, 0.4) is 0 Å². The Morgan fingerprint density at radius 2 is 2.07 bits per heavy atom. The molecule has 8 heteroatoms. The van der Waals surface area contributed by atoms with E-state index in [4.69, 9.17) is 9.47 Å². The summed E-state index contributed by atoms with van der Waals surface area (Å²) in [5.74, 6) is 1.80. The lowest BCUT2D eigenvalue weighted by atomic mass is 9.97. The van der Waals surface area contributed by atoms with Crippen molar-refractivity contribution in [3.8, 4) is 0 Å². The summed E-state index contributed by atoms with van der Waals surface area (Å²) in [6.45, 7) is 7.74. The monoisotopic (exact) mass is 389 g/mol. The van der Waals surface area contributed by atoms with E-state index in [1.807, 2.05) is 19.2 Å². The van der Waals surface area contributed by atoms with E-state index in [-0.39, 0.29) is 11.9 Å². The lowest BCUT2D eigenvalue weighted by Gasteiger charge is -2.33. The Morgan fingerprint density at radius 3 is 2.75 bits per heavy atom. The Bertz CT molecular complexity index is 668. The normalized spacial score (nSPS) is 18.9. The van der Waals surface area contributed by atoms with E-state index < -0.39 is 0 Å². The van der Waals surface area contributed by atoms with Crippen LogP contribution in [-0.4, -0.2) is 74.9 Å². The number of anilines is 1. The molecule has 2 aliphatic heterocycles. The minimum Gasteiger partial charge on any atom is -0.466 e. The van der Waals surface area contributed by atoms with Crippen LogP contribution in [0.2, 0.25) is 0 Å². The van der Waals surface area contributed by atoms with Crippen molar-refractivity contribution in [1.82, 2.24) is 15.2 Å². The molecule has 1 aromatic heterocycles. The number of esters is 1. The van der Waals surface area contributed by atoms with Crippen molar-refractivity contribution in [1.29, 1.82) is 0 Å². The lowest BCUT2D eigenvalue weighted by molar-refractivity contribution is -0.149. The van der Waals surface area contributed by atoms with Crippen molar-refractivity contribution in [3.05, 3.63) is 23.9 Å². The molecule has 0 spiro atoms. The number of aromatic nitrogens is 1. The van der Waals surface area contributed by atoms with Crippen LogP contribution in [0.5, 0.6) is 0 Å². The fourth-order valence-electron chi connectivity index (χ4n) is 3.72. The summed E-state index contributed by atoms with van der Waals surface area (Å²) in [7, 11) is 1.80. The molecule has 0 aromatic carbocycles. The number of carbonyl (C=O) groups excluding carboxylic acids is 1. The SMILES string of the molecule is CCOC(=O)C1CCN(C(=NC)NCc2cccnc2N2CCOCC2)CC1. The topological polar surface area (TPSA) is 79.3 Å². The van der Waals surface area contributed by atoms with Crippen LogP contribution in [0.4, 0.5) is 5.82 Å². The van der Waals surface area contributed by atoms with Crippen LogP contribution in [0.1, 0.15) is 25.3 Å². The van der Waals surface area contributed by atoms with Crippen molar-refractivity contribution in [2.45, 2.75) is 26.3 Å². The first-order valence-corrected chi connectivity index (χ1v) is 10.1. The van der Waals surface area contributed by atoms with Gasteiger partial charge in [-0.1, -0.05) is 6.07 Å². The zero-order valence-electron chi connectivity index (χ0n) is 16.9. The quantitative estimate of drug-likeness (QED) is 0.461. The number of aliphatic imine (C=N–C) groups is 1. The van der Waals surface area contributed by atoms with E-state index in [0.717, 1.165) is 69.6 Å². The van der Waals surface area contributed by atoms with Gasteiger partial charge in [0.05, 0.1) is 25.7 Å². The maximum Gasteiger partial charge on any atom is 0.309 e. The first kappa shape index (κ1) is 20.4. The summed E-state index contributed by atoms with van der Waals surface area (Å²) in [6, 6.07) is 4.07. The molecular formula is C20H31N5O3. The third kappa shape index (κ3) is 5.13. The molecule has 8 nitrogen and oxygen atoms in total. The van der Waals surface area contributed by atoms with Crippen LogP contribution >= 0.6 is 0 Å². The molecule has 0 atom stereocenters. The highest BCUT2D eigenvalue weighted by Crippen LogP contribution is 2.20. The summed E-state index contributed by atoms with van der Waals surface area (Å²) in [5, 5.41) is 3.47. The molecular weight excluding hydrogens is 358 g/mol. The fourth-order valence-corrected chi connectivity index (χ4v) is 3.72. The second-order valence-corrected chi connectivity index (χ2v) is 7.00. The van der Waals surface area contributed by atoms with Crippen LogP contribution in [0.15, 0.2) is 23.3 Å². The van der Waals surface area contributed by atoms with Gasteiger partial charge in [-0.2, -0.15) is 0 Å². The number of pyridine rings is 1. The van der Waals surface area contributed by atoms with Gasteiger partial charge >= 0.3 is 5.97 Å². The number of ether oxygens (including phenoxy) is 2. The van der Waals surface area contributed by atoms with Gasteiger partial charge in [0.1, 0.15) is 5.82 Å². The second-order valence-electron chi connectivity index (χ2n) is 7.00. The highest BCUT2D eigenvalue weighted by Gasteiger charge is 2.27. The average molecular weight is 390 g/mol. The molecule has 0 amide bonds. The number of carbonyl (C=O) groups is 1. The van der Waals surface area contributed by atoms with E-state index in [0.29, 0.717) is 13.2 Å². The van der Waals surface area contributed by atoms with Crippen LogP contribution < -0.4 is 10.2 Å². The lowest BCUT2D eigenvalue weighted by Crippen LogP contribution is -2.46. The van der Waals surface area contributed by atoms with E-state index in [1.54, 1.807) is 7.05 Å². The first-order valence-electron chi connectivity index (χ1n) is 10.1. The maximum absolute atomic E-state index is 11.9. The van der Waals surface area contributed by atoms with E-state index >= 15 is 0 Å². The predicted molar refractivity (Wildman–Crippen MR) is 108 cm³/mol. The van der Waals surface area contributed by atoms with Gasteiger partial charge in [0.2, 0.25) is 0 Å². The van der Waals surface area contributed by atoms with Gasteiger partial charge in [-0.05, 0) is 25.8 Å². The van der Waals surface area contributed by atoms with Gasteiger partial charge in [0, 0.05) is 51.5 Å². The number of piperidine rings is 1. The van der Waals surface area contributed by atoms with Gasteiger partial charge in [0.25, 0.3) is 0 Å². The van der Waals surface area contributed by atoms with Crippen LogP contribution in [0, 0.1) is 5.92 Å². The third-order valence-corrected chi connectivity index (χ3v) is 5.24. The zero-order chi connectivity index (χ0) is 19.8. The number of guanidine groups is 1. The Kier molecular flexibility index (Phi) is 7.47. The number of likely N-dealkylation sites (tertiary alicyclic amines) is 1. The third-order valence-electron chi connectivity index (χ3n) is 5.24. The molecule has 1 aromatic rings. The van der Waals surface area contributed by atoms with Gasteiger partial charge < -0.3 is 24.6 Å². The molecule has 154 valence electrons. The molecule has 1 N–H and O–H groups in total. The molecule has 0 bridgehead atoms. The summed E-state index contributed by atoms with van der Waals surface area (Å²) >= 11 is 0. The highest BCUT2D eigenvalue weighted by atomic mass is 16.5. The molecule has 3 heterocycles. The van der Waals surface area contributed by atoms with Gasteiger partial charge in [0.15, 0.2) is 5.96 Å². The number of hydrogen-bond acceptors (Lipinski definition) is 6. The average Bonchev–Trinajstić information content (AvgIpc) is 2.76. The fraction of sp³-hybridized carbons (Fsp3) is 0.650. The molecule has 0 unspecified atom stereocenters. The van der Waals surface area contributed by atoms with Crippen molar-refractivity contribution in [2.24, 2.45) is 10.9 Å².